The molecule has 2 amide bonds. The van der Waals surface area contributed by atoms with Crippen molar-refractivity contribution in [3.05, 3.63) is 28.8 Å². The second-order valence-electron chi connectivity index (χ2n) is 7.07. The number of phenolic OH excluding ortho intramolecular Hbond substituents is 1. The highest BCUT2D eigenvalue weighted by molar-refractivity contribution is 6.31. The molecule has 1 aromatic rings. The lowest BCUT2D eigenvalue weighted by atomic mass is 9.88. The number of rotatable bonds is 3. The molecule has 1 aliphatic carbocycles. The van der Waals surface area contributed by atoms with Crippen LogP contribution in [0, 0.1) is 5.92 Å². The van der Waals surface area contributed by atoms with Crippen molar-refractivity contribution < 1.29 is 14.7 Å². The van der Waals surface area contributed by atoms with Gasteiger partial charge < -0.3 is 15.3 Å². The summed E-state index contributed by atoms with van der Waals surface area (Å²) in [7, 11) is 0. The van der Waals surface area contributed by atoms with Gasteiger partial charge in [-0.2, -0.15) is 0 Å². The van der Waals surface area contributed by atoms with Gasteiger partial charge in [0.25, 0.3) is 5.91 Å². The molecular formula is C19H25ClN2O3. The molecule has 0 spiro atoms. The van der Waals surface area contributed by atoms with Gasteiger partial charge in [-0.3, -0.25) is 9.59 Å². The average Bonchev–Trinajstić information content (AvgIpc) is 2.64. The van der Waals surface area contributed by atoms with E-state index in [0.29, 0.717) is 18.1 Å². The third-order valence-electron chi connectivity index (χ3n) is 5.29. The van der Waals surface area contributed by atoms with Crippen LogP contribution in [0.1, 0.15) is 55.3 Å². The molecule has 0 radical (unpaired) electrons. The highest BCUT2D eigenvalue weighted by Crippen LogP contribution is 2.26. The quantitative estimate of drug-likeness (QED) is 0.864. The summed E-state index contributed by atoms with van der Waals surface area (Å²) in [5, 5.41) is 13.5. The molecular weight excluding hydrogens is 340 g/mol. The topological polar surface area (TPSA) is 69.6 Å². The van der Waals surface area contributed by atoms with Crippen molar-refractivity contribution in [1.82, 2.24) is 10.2 Å². The number of aromatic hydroxyl groups is 1. The highest BCUT2D eigenvalue weighted by atomic mass is 35.5. The van der Waals surface area contributed by atoms with Crippen LogP contribution in [0.5, 0.6) is 5.75 Å². The number of nitrogens with zero attached hydrogens (tertiary/aromatic N) is 1. The van der Waals surface area contributed by atoms with Crippen molar-refractivity contribution in [3.63, 3.8) is 0 Å². The minimum absolute atomic E-state index is 0.0536. The van der Waals surface area contributed by atoms with Gasteiger partial charge in [-0.25, -0.2) is 0 Å². The van der Waals surface area contributed by atoms with Gasteiger partial charge in [0.05, 0.1) is 5.56 Å². The van der Waals surface area contributed by atoms with Gasteiger partial charge >= 0.3 is 0 Å². The number of piperidine rings is 1. The lowest BCUT2D eigenvalue weighted by molar-refractivity contribution is -0.126. The first-order chi connectivity index (χ1) is 12.0. The SMILES string of the molecule is O=C(NC1CCN(C(=O)c2cc(Cl)ccc2O)CC1)C1CCCCC1. The first-order valence-corrected chi connectivity index (χ1v) is 9.50. The maximum absolute atomic E-state index is 12.6. The molecule has 2 N–H and O–H groups in total. The predicted octanol–water partition coefficient (Wildman–Crippen LogP) is 3.35. The van der Waals surface area contributed by atoms with Crippen molar-refractivity contribution >= 4 is 23.4 Å². The fourth-order valence-electron chi connectivity index (χ4n) is 3.76. The summed E-state index contributed by atoms with van der Waals surface area (Å²) >= 11 is 5.92. The third-order valence-corrected chi connectivity index (χ3v) is 5.53. The Kier molecular flexibility index (Phi) is 5.84. The summed E-state index contributed by atoms with van der Waals surface area (Å²) in [6.07, 6.45) is 7.01. The number of nitrogens with one attached hydrogen (secondary N) is 1. The Labute approximate surface area is 153 Å². The number of hydrogen-bond acceptors (Lipinski definition) is 3. The summed E-state index contributed by atoms with van der Waals surface area (Å²) in [6, 6.07) is 4.62. The minimum atomic E-state index is -0.211. The molecule has 6 heteroatoms. The van der Waals surface area contributed by atoms with Gasteiger partial charge in [0.1, 0.15) is 5.75 Å². The Hall–Kier alpha value is -1.75. The number of halogens is 1. The molecule has 2 fully saturated rings. The highest BCUT2D eigenvalue weighted by Gasteiger charge is 2.28. The smallest absolute Gasteiger partial charge is 0.257 e. The molecule has 1 saturated heterocycles. The fraction of sp³-hybridized carbons (Fsp3) is 0.579. The maximum Gasteiger partial charge on any atom is 0.257 e. The van der Waals surface area contributed by atoms with Gasteiger partial charge in [0, 0.05) is 30.1 Å². The molecule has 1 aliphatic heterocycles. The van der Waals surface area contributed by atoms with E-state index in [-0.39, 0.29) is 35.1 Å². The summed E-state index contributed by atoms with van der Waals surface area (Å²) in [6.45, 7) is 1.14. The van der Waals surface area contributed by atoms with Crippen molar-refractivity contribution in [2.75, 3.05) is 13.1 Å². The number of likely N-dealkylation sites (tertiary alicyclic amines) is 1. The monoisotopic (exact) mass is 364 g/mol. The van der Waals surface area contributed by atoms with Gasteiger partial charge in [-0.15, -0.1) is 0 Å². The number of phenols is 1. The van der Waals surface area contributed by atoms with E-state index >= 15 is 0 Å². The van der Waals surface area contributed by atoms with Crippen LogP contribution in [0.2, 0.25) is 5.02 Å². The first-order valence-electron chi connectivity index (χ1n) is 9.13. The number of amides is 2. The first kappa shape index (κ1) is 18.1. The molecule has 25 heavy (non-hydrogen) atoms. The Morgan fingerprint density at radius 3 is 2.44 bits per heavy atom. The van der Waals surface area contributed by atoms with Gasteiger partial charge in [0.15, 0.2) is 0 Å². The molecule has 1 heterocycles. The average molecular weight is 365 g/mol. The van der Waals surface area contributed by atoms with E-state index in [4.69, 9.17) is 11.6 Å². The second-order valence-corrected chi connectivity index (χ2v) is 7.51. The molecule has 5 nitrogen and oxygen atoms in total. The summed E-state index contributed by atoms with van der Waals surface area (Å²) in [5.74, 6) is 0.0768. The minimum Gasteiger partial charge on any atom is -0.507 e. The number of hydrogen-bond donors (Lipinski definition) is 2. The largest absolute Gasteiger partial charge is 0.507 e. The summed E-state index contributed by atoms with van der Waals surface area (Å²) in [4.78, 5) is 26.6. The molecule has 0 unspecified atom stereocenters. The Morgan fingerprint density at radius 2 is 1.76 bits per heavy atom. The van der Waals surface area contributed by atoms with E-state index in [2.05, 4.69) is 5.32 Å². The van der Waals surface area contributed by atoms with Crippen molar-refractivity contribution in [3.8, 4) is 5.75 Å². The molecule has 1 aromatic carbocycles. The van der Waals surface area contributed by atoms with Crippen LogP contribution in [0.15, 0.2) is 18.2 Å². The van der Waals surface area contributed by atoms with E-state index in [1.165, 1.54) is 18.6 Å². The zero-order chi connectivity index (χ0) is 17.8. The number of carbonyl (C=O) groups excluding carboxylic acids is 2. The van der Waals surface area contributed by atoms with Crippen LogP contribution >= 0.6 is 11.6 Å². The van der Waals surface area contributed by atoms with Crippen LogP contribution in [0.25, 0.3) is 0 Å². The normalized spacial score (nSPS) is 19.6. The van der Waals surface area contributed by atoms with Gasteiger partial charge in [-0.05, 0) is 43.9 Å². The Bertz CT molecular complexity index is 636. The standard InChI is InChI=1S/C19H25ClN2O3/c20-14-6-7-17(23)16(12-14)19(25)22-10-8-15(9-11-22)21-18(24)13-4-2-1-3-5-13/h6-7,12-13,15,23H,1-5,8-11H2,(H,21,24). The zero-order valence-electron chi connectivity index (χ0n) is 14.3. The molecule has 1 saturated carbocycles. The molecule has 0 atom stereocenters. The summed E-state index contributed by atoms with van der Waals surface area (Å²) < 4.78 is 0. The number of benzene rings is 1. The van der Waals surface area contributed by atoms with Gasteiger partial charge in [-0.1, -0.05) is 30.9 Å². The zero-order valence-corrected chi connectivity index (χ0v) is 15.1. The third kappa shape index (κ3) is 4.46. The van der Waals surface area contributed by atoms with Gasteiger partial charge in [0.2, 0.25) is 5.91 Å². The maximum atomic E-state index is 12.6. The summed E-state index contributed by atoms with van der Waals surface area (Å²) in [5.41, 5.74) is 0.234. The van der Waals surface area contributed by atoms with Crippen LogP contribution in [-0.2, 0) is 4.79 Å². The Morgan fingerprint density at radius 1 is 1.08 bits per heavy atom. The van der Waals surface area contributed by atoms with E-state index in [1.54, 1.807) is 11.0 Å². The predicted molar refractivity (Wildman–Crippen MR) is 96.8 cm³/mol. The van der Waals surface area contributed by atoms with Crippen molar-refractivity contribution in [2.24, 2.45) is 5.92 Å². The Balaban J connectivity index is 1.52. The lowest BCUT2D eigenvalue weighted by Gasteiger charge is -2.33. The molecule has 0 bridgehead atoms. The second kappa shape index (κ2) is 8.09. The molecule has 2 aliphatic rings. The molecule has 3 rings (SSSR count). The fourth-order valence-corrected chi connectivity index (χ4v) is 3.93. The van der Waals surface area contributed by atoms with Crippen LogP contribution in [0.3, 0.4) is 0 Å². The van der Waals surface area contributed by atoms with Crippen molar-refractivity contribution in [1.29, 1.82) is 0 Å². The van der Waals surface area contributed by atoms with E-state index in [9.17, 15) is 14.7 Å². The van der Waals surface area contributed by atoms with E-state index in [1.807, 2.05) is 0 Å². The molecule has 136 valence electrons. The number of carbonyl (C=O) groups is 2. The lowest BCUT2D eigenvalue weighted by Crippen LogP contribution is -2.48. The van der Waals surface area contributed by atoms with E-state index < -0.39 is 0 Å². The van der Waals surface area contributed by atoms with Crippen LogP contribution in [0.4, 0.5) is 0 Å². The van der Waals surface area contributed by atoms with E-state index in [0.717, 1.165) is 38.5 Å². The van der Waals surface area contributed by atoms with Crippen LogP contribution < -0.4 is 5.32 Å². The van der Waals surface area contributed by atoms with Crippen molar-refractivity contribution in [2.45, 2.75) is 51.0 Å². The molecule has 0 aromatic heterocycles. The van der Waals surface area contributed by atoms with Crippen LogP contribution in [-0.4, -0.2) is 41.0 Å².